The van der Waals surface area contributed by atoms with E-state index in [-0.39, 0.29) is 17.5 Å². The molecule has 1 aromatic carbocycles. The first kappa shape index (κ1) is 16.5. The van der Waals surface area contributed by atoms with E-state index in [1.54, 1.807) is 6.07 Å². The fourth-order valence-electron chi connectivity index (χ4n) is 3.94. The second-order valence-electron chi connectivity index (χ2n) is 6.59. The zero-order valence-corrected chi connectivity index (χ0v) is 14.3. The van der Waals surface area contributed by atoms with Gasteiger partial charge in [0.05, 0.1) is 30.2 Å². The molecule has 2 saturated heterocycles. The summed E-state index contributed by atoms with van der Waals surface area (Å²) in [7, 11) is 0. The minimum Gasteiger partial charge on any atom is -0.465 e. The smallest absolute Gasteiger partial charge is 0.312 e. The number of halogens is 2. The molecule has 2 bridgehead atoms. The molecular formula is C18H17ClFNO4. The van der Waals surface area contributed by atoms with Crippen molar-refractivity contribution in [3.8, 4) is 0 Å². The van der Waals surface area contributed by atoms with E-state index >= 15 is 0 Å². The molecule has 3 aliphatic rings. The van der Waals surface area contributed by atoms with Crippen LogP contribution in [0, 0.1) is 17.7 Å². The summed E-state index contributed by atoms with van der Waals surface area (Å²) < 4.78 is 25.0. The molecule has 132 valence electrons. The van der Waals surface area contributed by atoms with Crippen LogP contribution < -0.4 is 4.90 Å². The Morgan fingerprint density at radius 1 is 1.52 bits per heavy atom. The Kier molecular flexibility index (Phi) is 3.85. The van der Waals surface area contributed by atoms with Gasteiger partial charge in [0, 0.05) is 5.69 Å². The quantitative estimate of drug-likeness (QED) is 0.608. The van der Waals surface area contributed by atoms with Gasteiger partial charge >= 0.3 is 5.97 Å². The largest absolute Gasteiger partial charge is 0.465 e. The molecule has 1 aromatic rings. The maximum absolute atomic E-state index is 13.8. The summed E-state index contributed by atoms with van der Waals surface area (Å²) in [6.45, 7) is 2.46. The van der Waals surface area contributed by atoms with Gasteiger partial charge in [-0.05, 0) is 24.6 Å². The number of carbonyl (C=O) groups excluding carboxylic acids is 2. The molecule has 1 spiro atoms. The Morgan fingerprint density at radius 3 is 3.04 bits per heavy atom. The van der Waals surface area contributed by atoms with Gasteiger partial charge in [0.25, 0.3) is 0 Å². The number of hydrogen-bond donors (Lipinski definition) is 0. The average molecular weight is 366 g/mol. The second kappa shape index (κ2) is 5.81. The lowest BCUT2D eigenvalue weighted by Gasteiger charge is -2.22. The van der Waals surface area contributed by atoms with E-state index in [1.165, 1.54) is 17.0 Å². The predicted octanol–water partition coefficient (Wildman–Crippen LogP) is 2.72. The van der Waals surface area contributed by atoms with E-state index in [2.05, 4.69) is 0 Å². The number of amides is 1. The van der Waals surface area contributed by atoms with E-state index in [0.29, 0.717) is 18.7 Å². The topological polar surface area (TPSA) is 55.8 Å². The number of ether oxygens (including phenoxy) is 2. The third-order valence-electron chi connectivity index (χ3n) is 5.04. The third-order valence-corrected chi connectivity index (χ3v) is 5.34. The summed E-state index contributed by atoms with van der Waals surface area (Å²) in [6, 6.07) is 4.21. The van der Waals surface area contributed by atoms with Crippen molar-refractivity contribution >= 4 is 29.2 Å². The van der Waals surface area contributed by atoms with Crippen LogP contribution >= 0.6 is 11.6 Å². The minimum absolute atomic E-state index is 0.00755. The van der Waals surface area contributed by atoms with Gasteiger partial charge in [-0.3, -0.25) is 9.59 Å². The van der Waals surface area contributed by atoms with Gasteiger partial charge in [-0.15, -0.1) is 0 Å². The molecule has 0 radical (unpaired) electrons. The Morgan fingerprint density at radius 2 is 2.32 bits per heavy atom. The standard InChI is InChI=1S/C18H17ClFNO4/c1-2-7-24-17(23)14-13-5-6-18(25-13)9-21(16(22)15(14)18)10-3-4-11(19)12(20)8-10/h3-6,8,13-15H,2,7,9H2,1H3/t13-,14?,15+,18-/m1/s1. The second-order valence-corrected chi connectivity index (χ2v) is 7.00. The fourth-order valence-corrected chi connectivity index (χ4v) is 4.06. The molecule has 2 fully saturated rings. The van der Waals surface area contributed by atoms with Gasteiger partial charge in [0.15, 0.2) is 0 Å². The highest BCUT2D eigenvalue weighted by atomic mass is 35.5. The number of benzene rings is 1. The van der Waals surface area contributed by atoms with Gasteiger partial charge in [-0.2, -0.15) is 0 Å². The summed E-state index contributed by atoms with van der Waals surface area (Å²) >= 11 is 5.72. The molecule has 0 saturated carbocycles. The van der Waals surface area contributed by atoms with Crippen molar-refractivity contribution < 1.29 is 23.5 Å². The number of anilines is 1. The molecular weight excluding hydrogens is 349 g/mol. The lowest BCUT2D eigenvalue weighted by Crippen LogP contribution is -2.40. The number of esters is 1. The first-order valence-electron chi connectivity index (χ1n) is 8.27. The number of nitrogens with zero attached hydrogens (tertiary/aromatic N) is 1. The highest BCUT2D eigenvalue weighted by Gasteiger charge is 2.67. The highest BCUT2D eigenvalue weighted by molar-refractivity contribution is 6.30. The summed E-state index contributed by atoms with van der Waals surface area (Å²) in [5, 5.41) is -0.00755. The number of fused-ring (bicyclic) bond motifs is 1. The Balaban J connectivity index is 1.65. The molecule has 7 heteroatoms. The molecule has 4 rings (SSSR count). The Hall–Kier alpha value is -1.92. The van der Waals surface area contributed by atoms with Crippen molar-refractivity contribution in [2.45, 2.75) is 25.0 Å². The van der Waals surface area contributed by atoms with E-state index in [9.17, 15) is 14.0 Å². The monoisotopic (exact) mass is 365 g/mol. The first-order valence-corrected chi connectivity index (χ1v) is 8.65. The molecule has 1 unspecified atom stereocenters. The highest BCUT2D eigenvalue weighted by Crippen LogP contribution is 2.53. The molecule has 0 N–H and O–H groups in total. The van der Waals surface area contributed by atoms with Crippen molar-refractivity contribution in [1.82, 2.24) is 0 Å². The van der Waals surface area contributed by atoms with Crippen LogP contribution in [0.3, 0.4) is 0 Å². The van der Waals surface area contributed by atoms with Crippen LogP contribution in [0.2, 0.25) is 5.02 Å². The van der Waals surface area contributed by atoms with Crippen molar-refractivity contribution in [3.05, 3.63) is 41.2 Å². The minimum atomic E-state index is -0.853. The van der Waals surface area contributed by atoms with E-state index < -0.39 is 35.3 Å². The van der Waals surface area contributed by atoms with Crippen LogP contribution in [0.25, 0.3) is 0 Å². The summed E-state index contributed by atoms with van der Waals surface area (Å²) in [5.74, 6) is -2.58. The third kappa shape index (κ3) is 2.39. The normalized spacial score (nSPS) is 32.4. The Bertz CT molecular complexity index is 782. The number of hydrogen-bond acceptors (Lipinski definition) is 4. The zero-order valence-electron chi connectivity index (χ0n) is 13.6. The van der Waals surface area contributed by atoms with Gasteiger partial charge in [-0.1, -0.05) is 30.7 Å². The summed E-state index contributed by atoms with van der Waals surface area (Å²) in [6.07, 6.45) is 3.92. The predicted molar refractivity (Wildman–Crippen MR) is 88.7 cm³/mol. The van der Waals surface area contributed by atoms with Crippen molar-refractivity contribution in [2.24, 2.45) is 11.8 Å². The fraction of sp³-hybridized carbons (Fsp3) is 0.444. The zero-order chi connectivity index (χ0) is 17.8. The van der Waals surface area contributed by atoms with E-state index in [1.807, 2.05) is 19.1 Å². The Labute approximate surface area is 149 Å². The van der Waals surface area contributed by atoms with Crippen LogP contribution in [0.5, 0.6) is 0 Å². The molecule has 0 aromatic heterocycles. The number of rotatable bonds is 4. The van der Waals surface area contributed by atoms with E-state index in [4.69, 9.17) is 21.1 Å². The number of carbonyl (C=O) groups is 2. The average Bonchev–Trinajstić information content (AvgIpc) is 3.23. The molecule has 3 heterocycles. The van der Waals surface area contributed by atoms with E-state index in [0.717, 1.165) is 0 Å². The molecule has 5 nitrogen and oxygen atoms in total. The van der Waals surface area contributed by atoms with Gasteiger partial charge in [-0.25, -0.2) is 4.39 Å². The SMILES string of the molecule is CCCOC(=O)C1[C@H]2C(=O)N(c3ccc(Cl)c(F)c3)C[C@]23C=C[C@H]1O3. The summed E-state index contributed by atoms with van der Waals surface area (Å²) in [5.41, 5.74) is -0.454. The van der Waals surface area contributed by atoms with Crippen molar-refractivity contribution in [3.63, 3.8) is 0 Å². The summed E-state index contributed by atoms with van der Waals surface area (Å²) in [4.78, 5) is 26.9. The molecule has 3 aliphatic heterocycles. The van der Waals surface area contributed by atoms with Gasteiger partial charge < -0.3 is 14.4 Å². The van der Waals surface area contributed by atoms with Crippen LogP contribution in [0.1, 0.15) is 13.3 Å². The molecule has 4 atom stereocenters. The molecule has 0 aliphatic carbocycles. The van der Waals surface area contributed by atoms with Crippen LogP contribution in [-0.2, 0) is 19.1 Å². The maximum atomic E-state index is 13.8. The lowest BCUT2D eigenvalue weighted by molar-refractivity contribution is -0.152. The van der Waals surface area contributed by atoms with Gasteiger partial charge in [0.1, 0.15) is 17.3 Å². The van der Waals surface area contributed by atoms with Crippen molar-refractivity contribution in [1.29, 1.82) is 0 Å². The first-order chi connectivity index (χ1) is 12.0. The maximum Gasteiger partial charge on any atom is 0.312 e. The molecule has 25 heavy (non-hydrogen) atoms. The van der Waals surface area contributed by atoms with Crippen LogP contribution in [0.15, 0.2) is 30.4 Å². The van der Waals surface area contributed by atoms with Crippen LogP contribution in [0.4, 0.5) is 10.1 Å². The van der Waals surface area contributed by atoms with Crippen LogP contribution in [-0.4, -0.2) is 36.7 Å². The van der Waals surface area contributed by atoms with Gasteiger partial charge in [0.2, 0.25) is 5.91 Å². The lowest BCUT2D eigenvalue weighted by atomic mass is 9.77. The van der Waals surface area contributed by atoms with Crippen molar-refractivity contribution in [2.75, 3.05) is 18.1 Å². The molecule has 1 amide bonds.